The number of anilines is 2. The molecule has 0 atom stereocenters. The molecule has 2 aromatic carbocycles. The Labute approximate surface area is 115 Å². The fraction of sp³-hybridized carbons (Fsp3) is 0.0714. The van der Waals surface area contributed by atoms with Crippen molar-refractivity contribution in [3.8, 4) is 0 Å². The number of nitrogens with one attached hydrogen (secondary N) is 1. The van der Waals surface area contributed by atoms with Gasteiger partial charge >= 0.3 is 0 Å². The maximum absolute atomic E-state index is 13.8. The molecule has 2 aromatic rings. The molecule has 0 bridgehead atoms. The zero-order valence-electron chi connectivity index (χ0n) is 10.2. The van der Waals surface area contributed by atoms with Crippen LogP contribution in [-0.4, -0.2) is 5.91 Å². The number of carbonyl (C=O) groups excluding carboxylic acids is 1. The van der Waals surface area contributed by atoms with Crippen molar-refractivity contribution in [2.24, 2.45) is 0 Å². The summed E-state index contributed by atoms with van der Waals surface area (Å²) >= 11 is 5.93. The minimum atomic E-state index is -0.561. The van der Waals surface area contributed by atoms with Crippen molar-refractivity contribution in [1.82, 2.24) is 0 Å². The van der Waals surface area contributed by atoms with Crippen molar-refractivity contribution in [2.75, 3.05) is 11.1 Å². The van der Waals surface area contributed by atoms with Crippen molar-refractivity contribution in [3.63, 3.8) is 0 Å². The molecule has 0 saturated heterocycles. The van der Waals surface area contributed by atoms with E-state index in [4.69, 9.17) is 17.3 Å². The first-order chi connectivity index (χ1) is 8.99. The number of nitrogens with two attached hydrogens (primary N) is 1. The number of hydrogen-bond donors (Lipinski definition) is 2. The molecule has 0 spiro atoms. The quantitative estimate of drug-likeness (QED) is 0.824. The fourth-order valence-electron chi connectivity index (χ4n) is 1.65. The SMILES string of the molecule is Cc1cccc(C(=O)Nc2cc(N)ccc2Cl)c1F. The van der Waals surface area contributed by atoms with Crippen LogP contribution in [0.5, 0.6) is 0 Å². The molecular weight excluding hydrogens is 267 g/mol. The third-order valence-electron chi connectivity index (χ3n) is 2.68. The highest BCUT2D eigenvalue weighted by atomic mass is 35.5. The van der Waals surface area contributed by atoms with Gasteiger partial charge in [0.2, 0.25) is 0 Å². The largest absolute Gasteiger partial charge is 0.399 e. The molecule has 0 aromatic heterocycles. The van der Waals surface area contributed by atoms with Crippen LogP contribution in [0.25, 0.3) is 0 Å². The predicted octanol–water partition coefficient (Wildman–Crippen LogP) is 3.62. The van der Waals surface area contributed by atoms with Crippen LogP contribution >= 0.6 is 11.6 Å². The highest BCUT2D eigenvalue weighted by Gasteiger charge is 2.14. The number of carbonyl (C=O) groups is 1. The maximum Gasteiger partial charge on any atom is 0.258 e. The lowest BCUT2D eigenvalue weighted by atomic mass is 10.1. The predicted molar refractivity (Wildman–Crippen MR) is 75.0 cm³/mol. The van der Waals surface area contributed by atoms with Crippen molar-refractivity contribution in [2.45, 2.75) is 6.92 Å². The van der Waals surface area contributed by atoms with Crippen LogP contribution in [0.4, 0.5) is 15.8 Å². The molecule has 0 unspecified atom stereocenters. The first-order valence-corrected chi connectivity index (χ1v) is 5.98. The number of halogens is 2. The van der Waals surface area contributed by atoms with Gasteiger partial charge in [0, 0.05) is 5.69 Å². The second kappa shape index (κ2) is 5.28. The Morgan fingerprint density at radius 1 is 1.32 bits per heavy atom. The highest BCUT2D eigenvalue weighted by Crippen LogP contribution is 2.25. The molecule has 0 aliphatic heterocycles. The summed E-state index contributed by atoms with van der Waals surface area (Å²) in [6, 6.07) is 9.34. The van der Waals surface area contributed by atoms with Crippen LogP contribution in [0.2, 0.25) is 5.02 Å². The Kier molecular flexibility index (Phi) is 3.71. The number of hydrogen-bond acceptors (Lipinski definition) is 2. The Hall–Kier alpha value is -2.07. The lowest BCUT2D eigenvalue weighted by molar-refractivity contribution is 0.102. The molecule has 5 heteroatoms. The second-order valence-electron chi connectivity index (χ2n) is 4.13. The van der Waals surface area contributed by atoms with Gasteiger partial charge in [0.15, 0.2) is 0 Å². The zero-order chi connectivity index (χ0) is 14.0. The van der Waals surface area contributed by atoms with E-state index in [1.165, 1.54) is 12.1 Å². The Morgan fingerprint density at radius 2 is 2.05 bits per heavy atom. The van der Waals surface area contributed by atoms with E-state index in [1.54, 1.807) is 31.2 Å². The summed E-state index contributed by atoms with van der Waals surface area (Å²) in [6.45, 7) is 1.60. The van der Waals surface area contributed by atoms with Crippen LogP contribution in [0.3, 0.4) is 0 Å². The molecule has 3 N–H and O–H groups in total. The van der Waals surface area contributed by atoms with Crippen molar-refractivity contribution in [1.29, 1.82) is 0 Å². The van der Waals surface area contributed by atoms with Gasteiger partial charge in [0.1, 0.15) is 5.82 Å². The van der Waals surface area contributed by atoms with Gasteiger partial charge in [0.05, 0.1) is 16.3 Å². The van der Waals surface area contributed by atoms with Gasteiger partial charge in [-0.1, -0.05) is 23.7 Å². The number of nitrogen functional groups attached to an aromatic ring is 1. The van der Waals surface area contributed by atoms with Gasteiger partial charge in [0.25, 0.3) is 5.91 Å². The van der Waals surface area contributed by atoms with E-state index in [1.807, 2.05) is 0 Å². The van der Waals surface area contributed by atoms with Gasteiger partial charge in [-0.25, -0.2) is 4.39 Å². The summed E-state index contributed by atoms with van der Waals surface area (Å²) in [6.07, 6.45) is 0. The van der Waals surface area contributed by atoms with Gasteiger partial charge in [-0.05, 0) is 36.8 Å². The summed E-state index contributed by atoms with van der Waals surface area (Å²) in [5, 5.41) is 2.89. The summed E-state index contributed by atoms with van der Waals surface area (Å²) in [7, 11) is 0. The van der Waals surface area contributed by atoms with Crippen molar-refractivity contribution in [3.05, 3.63) is 58.4 Å². The molecular formula is C14H12ClFN2O. The highest BCUT2D eigenvalue weighted by molar-refractivity contribution is 6.34. The molecule has 0 heterocycles. The zero-order valence-corrected chi connectivity index (χ0v) is 11.0. The topological polar surface area (TPSA) is 55.1 Å². The molecule has 3 nitrogen and oxygen atoms in total. The van der Waals surface area contributed by atoms with E-state index >= 15 is 0 Å². The third kappa shape index (κ3) is 2.85. The van der Waals surface area contributed by atoms with Crippen molar-refractivity contribution >= 4 is 28.9 Å². The monoisotopic (exact) mass is 278 g/mol. The van der Waals surface area contributed by atoms with E-state index in [0.29, 0.717) is 22.0 Å². The first kappa shape index (κ1) is 13.4. The number of benzene rings is 2. The molecule has 0 saturated carbocycles. The normalized spacial score (nSPS) is 10.3. The third-order valence-corrected chi connectivity index (χ3v) is 3.00. The Morgan fingerprint density at radius 3 is 2.79 bits per heavy atom. The number of aryl methyl sites for hydroxylation is 1. The van der Waals surface area contributed by atoms with Crippen LogP contribution in [0.1, 0.15) is 15.9 Å². The van der Waals surface area contributed by atoms with E-state index in [-0.39, 0.29) is 5.56 Å². The lowest BCUT2D eigenvalue weighted by Gasteiger charge is -2.09. The average Bonchev–Trinajstić information content (AvgIpc) is 2.37. The summed E-state index contributed by atoms with van der Waals surface area (Å²) < 4.78 is 13.8. The molecule has 0 aliphatic rings. The summed E-state index contributed by atoms with van der Waals surface area (Å²) in [5.74, 6) is -1.10. The maximum atomic E-state index is 13.8. The van der Waals surface area contributed by atoms with Crippen LogP contribution < -0.4 is 11.1 Å². The van der Waals surface area contributed by atoms with Gasteiger partial charge in [-0.15, -0.1) is 0 Å². The standard InChI is InChI=1S/C14H12ClFN2O/c1-8-3-2-4-10(13(8)16)14(19)18-12-7-9(17)5-6-11(12)15/h2-7H,17H2,1H3,(H,18,19). The molecule has 19 heavy (non-hydrogen) atoms. The van der Waals surface area contributed by atoms with Gasteiger partial charge < -0.3 is 11.1 Å². The lowest BCUT2D eigenvalue weighted by Crippen LogP contribution is -2.14. The first-order valence-electron chi connectivity index (χ1n) is 5.60. The fourth-order valence-corrected chi connectivity index (χ4v) is 1.82. The molecule has 98 valence electrons. The smallest absolute Gasteiger partial charge is 0.258 e. The Bertz CT molecular complexity index is 643. The minimum absolute atomic E-state index is 0.0292. The van der Waals surface area contributed by atoms with Crippen LogP contribution in [0.15, 0.2) is 36.4 Å². The van der Waals surface area contributed by atoms with Gasteiger partial charge in [-0.3, -0.25) is 4.79 Å². The average molecular weight is 279 g/mol. The molecule has 0 aliphatic carbocycles. The minimum Gasteiger partial charge on any atom is -0.399 e. The number of amides is 1. The Balaban J connectivity index is 2.31. The van der Waals surface area contributed by atoms with Gasteiger partial charge in [-0.2, -0.15) is 0 Å². The van der Waals surface area contributed by atoms with Crippen LogP contribution in [-0.2, 0) is 0 Å². The summed E-state index contributed by atoms with van der Waals surface area (Å²) in [4.78, 5) is 12.0. The van der Waals surface area contributed by atoms with E-state index < -0.39 is 11.7 Å². The van der Waals surface area contributed by atoms with Crippen LogP contribution in [0, 0.1) is 12.7 Å². The molecule has 0 radical (unpaired) electrons. The second-order valence-corrected chi connectivity index (χ2v) is 4.54. The van der Waals surface area contributed by atoms with E-state index in [0.717, 1.165) is 0 Å². The molecule has 2 rings (SSSR count). The number of rotatable bonds is 2. The van der Waals surface area contributed by atoms with E-state index in [2.05, 4.69) is 5.32 Å². The molecule has 0 fully saturated rings. The van der Waals surface area contributed by atoms with E-state index in [9.17, 15) is 9.18 Å². The molecule has 1 amide bonds. The van der Waals surface area contributed by atoms with Crippen molar-refractivity contribution < 1.29 is 9.18 Å². The summed E-state index contributed by atoms with van der Waals surface area (Å²) in [5.41, 5.74) is 6.81.